The summed E-state index contributed by atoms with van der Waals surface area (Å²) in [6.45, 7) is 3.12. The predicted octanol–water partition coefficient (Wildman–Crippen LogP) is 2.09. The van der Waals surface area contributed by atoms with Crippen molar-refractivity contribution < 1.29 is 0 Å². The highest BCUT2D eigenvalue weighted by Crippen LogP contribution is 2.26. The third-order valence-electron chi connectivity index (χ3n) is 3.14. The van der Waals surface area contributed by atoms with Gasteiger partial charge >= 0.3 is 0 Å². The first-order valence-electron chi connectivity index (χ1n) is 5.53. The Kier molecular flexibility index (Phi) is 2.87. The van der Waals surface area contributed by atoms with Gasteiger partial charge in [0, 0.05) is 18.8 Å². The van der Waals surface area contributed by atoms with Crippen LogP contribution in [0.2, 0.25) is 0 Å². The summed E-state index contributed by atoms with van der Waals surface area (Å²) in [5, 5.41) is 0. The second-order valence-corrected chi connectivity index (χ2v) is 4.41. The molecule has 1 aliphatic carbocycles. The first-order chi connectivity index (χ1) is 6.77. The second kappa shape index (κ2) is 4.13. The van der Waals surface area contributed by atoms with E-state index in [1.54, 1.807) is 0 Å². The molecule has 0 aliphatic heterocycles. The summed E-state index contributed by atoms with van der Waals surface area (Å²) in [4.78, 5) is 4.17. The van der Waals surface area contributed by atoms with E-state index in [4.69, 9.17) is 5.73 Å². The number of hydrogen-bond acceptors (Lipinski definition) is 2. The quantitative estimate of drug-likeness (QED) is 0.798. The Balaban J connectivity index is 2.04. The van der Waals surface area contributed by atoms with E-state index in [-0.39, 0.29) is 6.04 Å². The molecule has 0 aromatic carbocycles. The molecule has 2 rings (SSSR count). The second-order valence-electron chi connectivity index (χ2n) is 4.41. The third kappa shape index (κ3) is 1.98. The van der Waals surface area contributed by atoms with Crippen LogP contribution < -0.4 is 5.73 Å². The molecule has 1 aliphatic rings. The van der Waals surface area contributed by atoms with Gasteiger partial charge in [0.15, 0.2) is 0 Å². The van der Waals surface area contributed by atoms with Gasteiger partial charge in [-0.05, 0) is 25.7 Å². The number of aromatic nitrogens is 2. The van der Waals surface area contributed by atoms with Crippen molar-refractivity contribution in [3.8, 4) is 0 Å². The van der Waals surface area contributed by atoms with Gasteiger partial charge in [-0.15, -0.1) is 0 Å². The van der Waals surface area contributed by atoms with Gasteiger partial charge < -0.3 is 10.3 Å². The molecule has 0 amide bonds. The number of imidazole rings is 1. The van der Waals surface area contributed by atoms with Crippen molar-refractivity contribution in [3.05, 3.63) is 18.2 Å². The number of hydrogen-bond donors (Lipinski definition) is 1. The zero-order valence-electron chi connectivity index (χ0n) is 8.82. The molecule has 1 saturated carbocycles. The van der Waals surface area contributed by atoms with E-state index < -0.39 is 0 Å². The molecule has 0 saturated heterocycles. The predicted molar refractivity (Wildman–Crippen MR) is 56.8 cm³/mol. The molecule has 1 aromatic heterocycles. The maximum Gasteiger partial charge on any atom is 0.0948 e. The molecular weight excluding hydrogens is 174 g/mol. The summed E-state index contributed by atoms with van der Waals surface area (Å²) in [5.74, 6) is 0.849. The van der Waals surface area contributed by atoms with Crippen LogP contribution in [0.3, 0.4) is 0 Å². The zero-order chi connectivity index (χ0) is 9.97. The van der Waals surface area contributed by atoms with Crippen molar-refractivity contribution in [2.24, 2.45) is 11.7 Å². The van der Waals surface area contributed by atoms with Gasteiger partial charge in [0.05, 0.1) is 12.0 Å². The van der Waals surface area contributed by atoms with Gasteiger partial charge in [0.2, 0.25) is 0 Å². The molecule has 0 unspecified atom stereocenters. The van der Waals surface area contributed by atoms with E-state index in [1.165, 1.54) is 25.7 Å². The van der Waals surface area contributed by atoms with E-state index in [2.05, 4.69) is 9.55 Å². The fourth-order valence-electron chi connectivity index (χ4n) is 2.33. The highest BCUT2D eigenvalue weighted by Gasteiger charge is 2.17. The molecule has 0 bridgehead atoms. The van der Waals surface area contributed by atoms with E-state index in [0.29, 0.717) is 0 Å². The lowest BCUT2D eigenvalue weighted by Gasteiger charge is -2.14. The Morgan fingerprint density at radius 1 is 1.57 bits per heavy atom. The van der Waals surface area contributed by atoms with Gasteiger partial charge in [-0.2, -0.15) is 0 Å². The summed E-state index contributed by atoms with van der Waals surface area (Å²) in [5.41, 5.74) is 7.04. The normalized spacial score (nSPS) is 20.1. The van der Waals surface area contributed by atoms with Crippen molar-refractivity contribution >= 4 is 0 Å². The maximum absolute atomic E-state index is 5.87. The third-order valence-corrected chi connectivity index (χ3v) is 3.14. The lowest BCUT2D eigenvalue weighted by atomic mass is 10.1. The van der Waals surface area contributed by atoms with Crippen molar-refractivity contribution in [3.63, 3.8) is 0 Å². The Hall–Kier alpha value is -0.830. The van der Waals surface area contributed by atoms with Crippen LogP contribution in [0.25, 0.3) is 0 Å². The average molecular weight is 193 g/mol. The number of nitrogens with two attached hydrogens (primary N) is 1. The van der Waals surface area contributed by atoms with Crippen molar-refractivity contribution in [1.82, 2.24) is 9.55 Å². The fourth-order valence-corrected chi connectivity index (χ4v) is 2.33. The number of rotatable bonds is 3. The van der Waals surface area contributed by atoms with Crippen LogP contribution in [0, 0.1) is 5.92 Å². The molecule has 1 atom stereocenters. The summed E-state index contributed by atoms with van der Waals surface area (Å²) >= 11 is 0. The monoisotopic (exact) mass is 193 g/mol. The molecule has 3 heteroatoms. The minimum absolute atomic E-state index is 0.0962. The fraction of sp³-hybridized carbons (Fsp3) is 0.727. The summed E-state index contributed by atoms with van der Waals surface area (Å²) in [6.07, 6.45) is 9.34. The topological polar surface area (TPSA) is 43.8 Å². The molecule has 14 heavy (non-hydrogen) atoms. The van der Waals surface area contributed by atoms with E-state index in [1.807, 2.05) is 19.4 Å². The van der Waals surface area contributed by atoms with E-state index in [9.17, 15) is 0 Å². The molecule has 1 aromatic rings. The van der Waals surface area contributed by atoms with E-state index in [0.717, 1.165) is 18.2 Å². The van der Waals surface area contributed by atoms with Gasteiger partial charge in [-0.1, -0.05) is 12.8 Å². The smallest absolute Gasteiger partial charge is 0.0948 e. The maximum atomic E-state index is 5.87. The van der Waals surface area contributed by atoms with Gasteiger partial charge in [0.1, 0.15) is 0 Å². The molecule has 2 N–H and O–H groups in total. The first kappa shape index (κ1) is 9.71. The van der Waals surface area contributed by atoms with Crippen LogP contribution in [-0.2, 0) is 6.54 Å². The molecule has 0 radical (unpaired) electrons. The highest BCUT2D eigenvalue weighted by atomic mass is 15.1. The number of nitrogens with zero attached hydrogens (tertiary/aromatic N) is 2. The molecule has 1 fully saturated rings. The standard InChI is InChI=1S/C11H19N3/c1-9(12)11-6-13-8-14(11)7-10-4-2-3-5-10/h6,8-10H,2-5,7,12H2,1H3/t9-/m0/s1. The SMILES string of the molecule is C[C@H](N)c1cncn1CC1CCCC1. The van der Waals surface area contributed by atoms with Crippen LogP contribution in [-0.4, -0.2) is 9.55 Å². The van der Waals surface area contributed by atoms with Crippen LogP contribution >= 0.6 is 0 Å². The van der Waals surface area contributed by atoms with Crippen molar-refractivity contribution in [1.29, 1.82) is 0 Å². The Morgan fingerprint density at radius 2 is 2.29 bits per heavy atom. The lowest BCUT2D eigenvalue weighted by molar-refractivity contribution is 0.443. The lowest BCUT2D eigenvalue weighted by Crippen LogP contribution is -2.15. The van der Waals surface area contributed by atoms with Gasteiger partial charge in [0.25, 0.3) is 0 Å². The summed E-state index contributed by atoms with van der Waals surface area (Å²) in [6, 6.07) is 0.0962. The van der Waals surface area contributed by atoms with Crippen molar-refractivity contribution in [2.45, 2.75) is 45.2 Å². The Morgan fingerprint density at radius 3 is 2.93 bits per heavy atom. The van der Waals surface area contributed by atoms with Gasteiger partial charge in [-0.25, -0.2) is 4.98 Å². The van der Waals surface area contributed by atoms with Gasteiger partial charge in [-0.3, -0.25) is 0 Å². The minimum atomic E-state index is 0.0962. The molecule has 3 nitrogen and oxygen atoms in total. The Bertz CT molecular complexity index is 284. The summed E-state index contributed by atoms with van der Waals surface area (Å²) in [7, 11) is 0. The van der Waals surface area contributed by atoms with Crippen LogP contribution in [0.15, 0.2) is 12.5 Å². The largest absolute Gasteiger partial charge is 0.333 e. The average Bonchev–Trinajstić information content (AvgIpc) is 2.75. The first-order valence-corrected chi connectivity index (χ1v) is 5.53. The Labute approximate surface area is 85.3 Å². The molecule has 78 valence electrons. The highest BCUT2D eigenvalue weighted by molar-refractivity contribution is 5.03. The van der Waals surface area contributed by atoms with Crippen LogP contribution in [0.1, 0.15) is 44.3 Å². The summed E-state index contributed by atoms with van der Waals surface area (Å²) < 4.78 is 2.22. The molecule has 0 spiro atoms. The van der Waals surface area contributed by atoms with E-state index >= 15 is 0 Å². The van der Waals surface area contributed by atoms with Crippen LogP contribution in [0.5, 0.6) is 0 Å². The van der Waals surface area contributed by atoms with Crippen molar-refractivity contribution in [2.75, 3.05) is 0 Å². The van der Waals surface area contributed by atoms with Crippen LogP contribution in [0.4, 0.5) is 0 Å². The molecular formula is C11H19N3. The zero-order valence-corrected chi connectivity index (χ0v) is 8.82. The minimum Gasteiger partial charge on any atom is -0.333 e. The molecule has 1 heterocycles.